The first-order valence-electron chi connectivity index (χ1n) is 9.76. The Morgan fingerprint density at radius 3 is 2.70 bits per heavy atom. The highest BCUT2D eigenvalue weighted by Gasteiger charge is 2.13. The van der Waals surface area contributed by atoms with Gasteiger partial charge >= 0.3 is 6.03 Å². The van der Waals surface area contributed by atoms with E-state index in [1.165, 1.54) is 5.56 Å². The second-order valence-electron chi connectivity index (χ2n) is 6.96. The van der Waals surface area contributed by atoms with Crippen LogP contribution in [0.3, 0.4) is 0 Å². The van der Waals surface area contributed by atoms with Crippen LogP contribution in [0.5, 0.6) is 5.75 Å². The van der Waals surface area contributed by atoms with Crippen molar-refractivity contribution >= 4 is 23.3 Å². The van der Waals surface area contributed by atoms with Crippen molar-refractivity contribution in [2.24, 2.45) is 0 Å². The summed E-state index contributed by atoms with van der Waals surface area (Å²) in [6.07, 6.45) is 1.45. The van der Waals surface area contributed by atoms with Gasteiger partial charge in [-0.05, 0) is 48.7 Å². The van der Waals surface area contributed by atoms with Crippen molar-refractivity contribution in [1.29, 1.82) is 0 Å². The molecule has 0 aliphatic heterocycles. The summed E-state index contributed by atoms with van der Waals surface area (Å²) >= 11 is 6.10. The van der Waals surface area contributed by atoms with Crippen LogP contribution in [-0.2, 0) is 19.4 Å². The molecule has 3 rings (SSSR count). The topological polar surface area (TPSA) is 80.5 Å². The molecular formula is C22H25ClN4O3. The molecule has 1 heterocycles. The number of likely N-dealkylation sites (N-methyl/N-ethyl adjacent to an activating group) is 1. The first-order chi connectivity index (χ1) is 14.4. The first kappa shape index (κ1) is 21.6. The quantitative estimate of drug-likeness (QED) is 0.553. The highest BCUT2D eigenvalue weighted by molar-refractivity contribution is 6.31. The van der Waals surface area contributed by atoms with Crippen molar-refractivity contribution in [3.05, 3.63) is 70.3 Å². The molecule has 0 radical (unpaired) electrons. The van der Waals surface area contributed by atoms with Gasteiger partial charge < -0.3 is 19.5 Å². The molecule has 1 N–H and O–H groups in total. The second-order valence-corrected chi connectivity index (χ2v) is 7.36. The van der Waals surface area contributed by atoms with Gasteiger partial charge in [0.1, 0.15) is 5.75 Å². The summed E-state index contributed by atoms with van der Waals surface area (Å²) in [4.78, 5) is 18.2. The third-order valence-electron chi connectivity index (χ3n) is 4.64. The highest BCUT2D eigenvalue weighted by atomic mass is 35.5. The Bertz CT molecular complexity index is 988. The molecule has 0 saturated carbocycles. The van der Waals surface area contributed by atoms with Crippen molar-refractivity contribution < 1.29 is 14.1 Å². The third kappa shape index (κ3) is 5.97. The van der Waals surface area contributed by atoms with E-state index >= 15 is 0 Å². The van der Waals surface area contributed by atoms with Gasteiger partial charge in [0.2, 0.25) is 0 Å². The zero-order valence-electron chi connectivity index (χ0n) is 17.3. The van der Waals surface area contributed by atoms with E-state index in [0.717, 1.165) is 17.7 Å². The van der Waals surface area contributed by atoms with Crippen LogP contribution < -0.4 is 10.1 Å². The van der Waals surface area contributed by atoms with Crippen molar-refractivity contribution in [3.63, 3.8) is 0 Å². The molecule has 2 aromatic carbocycles. The van der Waals surface area contributed by atoms with E-state index in [-0.39, 0.29) is 12.6 Å². The number of carbonyl (C=O) groups excluding carboxylic acids is 1. The van der Waals surface area contributed by atoms with Gasteiger partial charge in [0.15, 0.2) is 12.4 Å². The average molecular weight is 429 g/mol. The molecule has 0 aliphatic carbocycles. The molecule has 0 atom stereocenters. The van der Waals surface area contributed by atoms with E-state index in [9.17, 15) is 4.79 Å². The van der Waals surface area contributed by atoms with Gasteiger partial charge in [0.25, 0.3) is 5.89 Å². The summed E-state index contributed by atoms with van der Waals surface area (Å²) in [5.74, 6) is 1.67. The number of nitrogens with one attached hydrogen (secondary N) is 1. The lowest BCUT2D eigenvalue weighted by Gasteiger charge is -2.17. The molecule has 8 heteroatoms. The molecule has 3 aromatic rings. The number of hydrogen-bond acceptors (Lipinski definition) is 5. The molecule has 0 aliphatic rings. The number of rotatable bonds is 8. The lowest BCUT2D eigenvalue weighted by Crippen LogP contribution is -2.33. The van der Waals surface area contributed by atoms with Gasteiger partial charge in [-0.3, -0.25) is 0 Å². The number of benzene rings is 2. The van der Waals surface area contributed by atoms with Crippen LogP contribution in [0, 0.1) is 6.92 Å². The Morgan fingerprint density at radius 2 is 2.00 bits per heavy atom. The Balaban J connectivity index is 1.45. The summed E-state index contributed by atoms with van der Waals surface area (Å²) < 4.78 is 10.9. The molecule has 0 bridgehead atoms. The molecule has 7 nitrogen and oxygen atoms in total. The molecule has 0 saturated heterocycles. The molecule has 1 aromatic heterocycles. The molecule has 0 unspecified atom stereocenters. The minimum Gasteiger partial charge on any atom is -0.484 e. The van der Waals surface area contributed by atoms with Crippen LogP contribution in [0.25, 0.3) is 0 Å². The number of aryl methyl sites for hydroxylation is 2. The molecule has 2 amide bonds. The van der Waals surface area contributed by atoms with Crippen LogP contribution in [0.15, 0.2) is 47.0 Å². The van der Waals surface area contributed by atoms with Gasteiger partial charge in [-0.15, -0.1) is 0 Å². The van der Waals surface area contributed by atoms with Crippen LogP contribution in [-0.4, -0.2) is 34.7 Å². The Kier molecular flexibility index (Phi) is 7.30. The lowest BCUT2D eigenvalue weighted by atomic mass is 10.2. The fourth-order valence-electron chi connectivity index (χ4n) is 2.68. The van der Waals surface area contributed by atoms with Crippen molar-refractivity contribution in [2.75, 3.05) is 18.9 Å². The SMILES string of the molecule is CCc1ccc(OCc2nc(CCN(C)C(=O)Nc3ccc(C)c(Cl)c3)no2)cc1. The van der Waals surface area contributed by atoms with Gasteiger partial charge in [-0.25, -0.2) is 4.79 Å². The number of urea groups is 1. The van der Waals surface area contributed by atoms with Gasteiger partial charge in [-0.2, -0.15) is 4.98 Å². The predicted octanol–water partition coefficient (Wildman–Crippen LogP) is 4.88. The predicted molar refractivity (Wildman–Crippen MR) is 116 cm³/mol. The fraction of sp³-hybridized carbons (Fsp3) is 0.318. The molecule has 0 spiro atoms. The number of hydrogen-bond donors (Lipinski definition) is 1. The van der Waals surface area contributed by atoms with Gasteiger partial charge in [-0.1, -0.05) is 41.9 Å². The summed E-state index contributed by atoms with van der Waals surface area (Å²) in [5, 5.41) is 7.38. The maximum Gasteiger partial charge on any atom is 0.321 e. The van der Waals surface area contributed by atoms with E-state index < -0.39 is 0 Å². The normalized spacial score (nSPS) is 10.7. The van der Waals surface area contributed by atoms with Crippen LogP contribution in [0.4, 0.5) is 10.5 Å². The van der Waals surface area contributed by atoms with Crippen LogP contribution in [0.2, 0.25) is 5.02 Å². The van der Waals surface area contributed by atoms with E-state index in [4.69, 9.17) is 20.9 Å². The van der Waals surface area contributed by atoms with E-state index in [2.05, 4.69) is 22.4 Å². The van der Waals surface area contributed by atoms with Crippen LogP contribution >= 0.6 is 11.6 Å². The average Bonchev–Trinajstić information content (AvgIpc) is 3.21. The highest BCUT2D eigenvalue weighted by Crippen LogP contribution is 2.20. The fourth-order valence-corrected chi connectivity index (χ4v) is 2.86. The minimum atomic E-state index is -0.238. The largest absolute Gasteiger partial charge is 0.484 e. The Morgan fingerprint density at radius 1 is 1.23 bits per heavy atom. The summed E-state index contributed by atoms with van der Waals surface area (Å²) in [6, 6.07) is 13.1. The smallest absolute Gasteiger partial charge is 0.321 e. The number of nitrogens with zero attached hydrogens (tertiary/aromatic N) is 3. The zero-order chi connectivity index (χ0) is 21.5. The second kappa shape index (κ2) is 10.1. The third-order valence-corrected chi connectivity index (χ3v) is 5.05. The summed E-state index contributed by atoms with van der Waals surface area (Å²) in [5.41, 5.74) is 2.85. The maximum atomic E-state index is 12.3. The standard InChI is InChI=1S/C22H25ClN4O3/c1-4-16-6-9-18(10-7-16)29-14-21-25-20(26-30-21)11-12-27(3)22(28)24-17-8-5-15(2)19(23)13-17/h5-10,13H,4,11-12,14H2,1-3H3,(H,24,28). The van der Waals surface area contributed by atoms with Crippen molar-refractivity contribution in [1.82, 2.24) is 15.0 Å². The Hall–Kier alpha value is -3.06. The zero-order valence-corrected chi connectivity index (χ0v) is 18.1. The summed E-state index contributed by atoms with van der Waals surface area (Å²) in [7, 11) is 1.70. The number of halogens is 1. The number of amides is 2. The number of ether oxygens (including phenoxy) is 1. The minimum absolute atomic E-state index is 0.197. The van der Waals surface area contributed by atoms with Gasteiger partial charge in [0, 0.05) is 30.7 Å². The first-order valence-corrected chi connectivity index (χ1v) is 10.1. The van der Waals surface area contributed by atoms with Gasteiger partial charge in [0.05, 0.1) is 0 Å². The number of carbonyl (C=O) groups is 1. The monoisotopic (exact) mass is 428 g/mol. The lowest BCUT2D eigenvalue weighted by molar-refractivity contribution is 0.222. The molecular weight excluding hydrogens is 404 g/mol. The molecule has 0 fully saturated rings. The van der Waals surface area contributed by atoms with E-state index in [1.54, 1.807) is 18.0 Å². The molecule has 30 heavy (non-hydrogen) atoms. The molecule has 158 valence electrons. The van der Waals surface area contributed by atoms with E-state index in [0.29, 0.717) is 35.4 Å². The maximum absolute atomic E-state index is 12.3. The number of aromatic nitrogens is 2. The Labute approximate surface area is 181 Å². The van der Waals surface area contributed by atoms with Crippen molar-refractivity contribution in [2.45, 2.75) is 33.3 Å². The number of anilines is 1. The van der Waals surface area contributed by atoms with Crippen molar-refractivity contribution in [3.8, 4) is 5.75 Å². The summed E-state index contributed by atoms with van der Waals surface area (Å²) in [6.45, 7) is 4.65. The van der Waals surface area contributed by atoms with Crippen LogP contribution in [0.1, 0.15) is 29.8 Å². The van der Waals surface area contributed by atoms with E-state index in [1.807, 2.05) is 43.3 Å².